The zero-order valence-electron chi connectivity index (χ0n) is 15.2. The number of rotatable bonds is 4. The first kappa shape index (κ1) is 16.8. The van der Waals surface area contributed by atoms with Crippen LogP contribution in [0.5, 0.6) is 0 Å². The van der Waals surface area contributed by atoms with Crippen molar-refractivity contribution in [2.24, 2.45) is 5.92 Å². The van der Waals surface area contributed by atoms with Gasteiger partial charge in [0.2, 0.25) is 11.9 Å². The number of fused-ring (bicyclic) bond motifs is 1. The van der Waals surface area contributed by atoms with Crippen molar-refractivity contribution in [2.75, 3.05) is 5.32 Å². The van der Waals surface area contributed by atoms with Gasteiger partial charge in [0.15, 0.2) is 0 Å². The van der Waals surface area contributed by atoms with Gasteiger partial charge in [-0.3, -0.25) is 10.1 Å². The van der Waals surface area contributed by atoms with E-state index in [2.05, 4.69) is 47.1 Å². The third-order valence-corrected chi connectivity index (χ3v) is 5.46. The van der Waals surface area contributed by atoms with Crippen molar-refractivity contribution in [2.45, 2.75) is 45.6 Å². The summed E-state index contributed by atoms with van der Waals surface area (Å²) in [5, 5.41) is 3.12. The Kier molecular flexibility index (Phi) is 4.74. The molecule has 0 aliphatic heterocycles. The van der Waals surface area contributed by atoms with Gasteiger partial charge in [-0.2, -0.15) is 0 Å². The summed E-state index contributed by atoms with van der Waals surface area (Å²) in [5.74, 6) is 0.895. The van der Waals surface area contributed by atoms with Crippen LogP contribution in [0.4, 0.5) is 5.95 Å². The number of nitrogens with one attached hydrogen (secondary N) is 1. The highest BCUT2D eigenvalue weighted by atomic mass is 16.2. The van der Waals surface area contributed by atoms with E-state index < -0.39 is 0 Å². The molecule has 1 heterocycles. The maximum Gasteiger partial charge on any atom is 0.229 e. The minimum Gasteiger partial charge on any atom is -0.305 e. The van der Waals surface area contributed by atoms with Crippen LogP contribution in [0.1, 0.15) is 43.2 Å². The predicted octanol–water partition coefficient (Wildman–Crippen LogP) is 4.91. The van der Waals surface area contributed by atoms with Gasteiger partial charge in [-0.15, -0.1) is 0 Å². The molecule has 1 N–H and O–H groups in total. The number of hydrogen-bond donors (Lipinski definition) is 1. The molecule has 3 aromatic rings. The predicted molar refractivity (Wildman–Crippen MR) is 105 cm³/mol. The maximum atomic E-state index is 12.8. The Hall–Kier alpha value is -2.62. The first-order valence-corrected chi connectivity index (χ1v) is 9.53. The van der Waals surface area contributed by atoms with Crippen molar-refractivity contribution in [3.63, 3.8) is 0 Å². The average molecular weight is 347 g/mol. The Morgan fingerprint density at radius 2 is 1.81 bits per heavy atom. The fraction of sp³-hybridized carbons (Fsp3) is 0.364. The van der Waals surface area contributed by atoms with Crippen molar-refractivity contribution in [3.05, 3.63) is 59.7 Å². The maximum absolute atomic E-state index is 12.8. The Labute approximate surface area is 154 Å². The molecule has 1 aliphatic carbocycles. The number of nitrogens with zero attached hydrogens (tertiary/aromatic N) is 2. The number of amides is 1. The van der Waals surface area contributed by atoms with Crippen LogP contribution in [0.25, 0.3) is 11.0 Å². The molecule has 26 heavy (non-hydrogen) atoms. The van der Waals surface area contributed by atoms with Crippen molar-refractivity contribution >= 4 is 22.9 Å². The SMILES string of the molecule is Cc1ccccc1Cn1c(NC(=O)C2CCCCC2)nc2ccccc21. The van der Waals surface area contributed by atoms with Gasteiger partial charge in [0.1, 0.15) is 0 Å². The van der Waals surface area contributed by atoms with E-state index >= 15 is 0 Å². The second kappa shape index (κ2) is 7.32. The molecule has 1 amide bonds. The van der Waals surface area contributed by atoms with E-state index in [1.807, 2.05) is 18.2 Å². The van der Waals surface area contributed by atoms with Crippen LogP contribution in [0.15, 0.2) is 48.5 Å². The van der Waals surface area contributed by atoms with Gasteiger partial charge in [0.25, 0.3) is 0 Å². The topological polar surface area (TPSA) is 46.9 Å². The van der Waals surface area contributed by atoms with Crippen molar-refractivity contribution < 1.29 is 4.79 Å². The van der Waals surface area contributed by atoms with Crippen LogP contribution >= 0.6 is 0 Å². The molecular weight excluding hydrogens is 322 g/mol. The largest absolute Gasteiger partial charge is 0.305 e. The Morgan fingerprint density at radius 1 is 1.08 bits per heavy atom. The lowest BCUT2D eigenvalue weighted by Crippen LogP contribution is -2.26. The number of para-hydroxylation sites is 2. The highest BCUT2D eigenvalue weighted by Crippen LogP contribution is 2.27. The van der Waals surface area contributed by atoms with Crippen LogP contribution in [-0.4, -0.2) is 15.5 Å². The molecule has 2 aromatic carbocycles. The number of benzene rings is 2. The van der Waals surface area contributed by atoms with Crippen LogP contribution in [-0.2, 0) is 11.3 Å². The van der Waals surface area contributed by atoms with Gasteiger partial charge < -0.3 is 4.57 Å². The summed E-state index contributed by atoms with van der Waals surface area (Å²) < 4.78 is 2.12. The van der Waals surface area contributed by atoms with E-state index in [1.54, 1.807) is 0 Å². The van der Waals surface area contributed by atoms with Gasteiger partial charge in [0.05, 0.1) is 17.6 Å². The lowest BCUT2D eigenvalue weighted by molar-refractivity contribution is -0.120. The van der Waals surface area contributed by atoms with Crippen molar-refractivity contribution in [1.82, 2.24) is 9.55 Å². The molecule has 1 saturated carbocycles. The number of imidazole rings is 1. The van der Waals surface area contributed by atoms with Gasteiger partial charge in [-0.05, 0) is 43.0 Å². The summed E-state index contributed by atoms with van der Waals surface area (Å²) in [6.07, 6.45) is 5.53. The summed E-state index contributed by atoms with van der Waals surface area (Å²) in [5.41, 5.74) is 4.45. The molecule has 4 nitrogen and oxygen atoms in total. The molecule has 0 bridgehead atoms. The molecule has 0 atom stereocenters. The number of hydrogen-bond acceptors (Lipinski definition) is 2. The molecule has 1 aliphatic rings. The lowest BCUT2D eigenvalue weighted by atomic mass is 9.89. The highest BCUT2D eigenvalue weighted by molar-refractivity contribution is 5.93. The molecule has 0 saturated heterocycles. The summed E-state index contributed by atoms with van der Waals surface area (Å²) >= 11 is 0. The van der Waals surface area contributed by atoms with Gasteiger partial charge >= 0.3 is 0 Å². The van der Waals surface area contributed by atoms with Gasteiger partial charge in [-0.25, -0.2) is 4.98 Å². The number of carbonyl (C=O) groups is 1. The fourth-order valence-electron chi connectivity index (χ4n) is 3.87. The molecule has 4 heteroatoms. The average Bonchev–Trinajstić information content (AvgIpc) is 3.01. The smallest absolute Gasteiger partial charge is 0.229 e. The minimum atomic E-state index is 0.117. The second-order valence-electron chi connectivity index (χ2n) is 7.26. The van der Waals surface area contributed by atoms with Crippen LogP contribution in [0.2, 0.25) is 0 Å². The monoisotopic (exact) mass is 347 g/mol. The molecule has 1 aromatic heterocycles. The first-order valence-electron chi connectivity index (χ1n) is 9.53. The van der Waals surface area contributed by atoms with E-state index in [0.29, 0.717) is 12.5 Å². The van der Waals surface area contributed by atoms with Crippen LogP contribution in [0.3, 0.4) is 0 Å². The summed E-state index contributed by atoms with van der Waals surface area (Å²) in [4.78, 5) is 17.5. The van der Waals surface area contributed by atoms with Gasteiger partial charge in [-0.1, -0.05) is 55.7 Å². The lowest BCUT2D eigenvalue weighted by Gasteiger charge is -2.21. The first-order chi connectivity index (χ1) is 12.7. The van der Waals surface area contributed by atoms with Gasteiger partial charge in [0, 0.05) is 5.92 Å². The van der Waals surface area contributed by atoms with E-state index in [-0.39, 0.29) is 11.8 Å². The normalized spacial score (nSPS) is 15.3. The molecule has 0 unspecified atom stereocenters. The molecular formula is C22H25N3O. The second-order valence-corrected chi connectivity index (χ2v) is 7.26. The quantitative estimate of drug-likeness (QED) is 0.729. The molecule has 4 rings (SSSR count). The standard InChI is InChI=1S/C22H25N3O/c1-16-9-5-6-12-18(16)15-25-20-14-8-7-13-19(20)23-22(25)24-21(26)17-10-3-2-4-11-17/h5-9,12-14,17H,2-4,10-11,15H2,1H3,(H,23,24,26). The van der Waals surface area contributed by atoms with Crippen LogP contribution < -0.4 is 5.32 Å². The molecule has 0 spiro atoms. The van der Waals surface area contributed by atoms with E-state index in [0.717, 1.165) is 36.7 Å². The van der Waals surface area contributed by atoms with E-state index in [9.17, 15) is 4.79 Å². The third kappa shape index (κ3) is 3.36. The van der Waals surface area contributed by atoms with E-state index in [4.69, 9.17) is 4.98 Å². The Bertz CT molecular complexity index is 922. The molecule has 134 valence electrons. The number of carbonyl (C=O) groups excluding carboxylic acids is 1. The number of aryl methyl sites for hydroxylation is 1. The summed E-state index contributed by atoms with van der Waals surface area (Å²) in [6.45, 7) is 2.82. The summed E-state index contributed by atoms with van der Waals surface area (Å²) in [6, 6.07) is 16.4. The van der Waals surface area contributed by atoms with Crippen molar-refractivity contribution in [3.8, 4) is 0 Å². The Balaban J connectivity index is 1.67. The minimum absolute atomic E-state index is 0.117. The molecule has 1 fully saturated rings. The summed E-state index contributed by atoms with van der Waals surface area (Å²) in [7, 11) is 0. The van der Waals surface area contributed by atoms with Crippen LogP contribution in [0, 0.1) is 12.8 Å². The third-order valence-electron chi connectivity index (χ3n) is 5.46. The van der Waals surface area contributed by atoms with Crippen molar-refractivity contribution in [1.29, 1.82) is 0 Å². The molecule has 0 radical (unpaired) electrons. The zero-order valence-corrected chi connectivity index (χ0v) is 15.2. The Morgan fingerprint density at radius 3 is 2.62 bits per heavy atom. The number of aromatic nitrogens is 2. The zero-order chi connectivity index (χ0) is 17.9. The van der Waals surface area contributed by atoms with E-state index in [1.165, 1.54) is 17.5 Å². The highest BCUT2D eigenvalue weighted by Gasteiger charge is 2.23. The number of anilines is 1. The fourth-order valence-corrected chi connectivity index (χ4v) is 3.87.